The number of fused-ring (bicyclic) bond motifs is 3. The van der Waals surface area contributed by atoms with Crippen LogP contribution in [0.4, 0.5) is 5.82 Å². The van der Waals surface area contributed by atoms with Crippen LogP contribution in [-0.4, -0.2) is 31.4 Å². The molecule has 0 radical (unpaired) electrons. The van der Waals surface area contributed by atoms with Crippen molar-refractivity contribution in [2.75, 3.05) is 5.73 Å². The van der Waals surface area contributed by atoms with Crippen molar-refractivity contribution >= 4 is 39.6 Å². The summed E-state index contributed by atoms with van der Waals surface area (Å²) in [4.78, 5) is 50.5. The molecule has 3 aromatic heterocycles. The van der Waals surface area contributed by atoms with Crippen molar-refractivity contribution in [2.24, 2.45) is 0 Å². The number of nitrogens with zero attached hydrogens (tertiary/aromatic N) is 4. The van der Waals surface area contributed by atoms with Crippen molar-refractivity contribution in [3.63, 3.8) is 0 Å². The van der Waals surface area contributed by atoms with Gasteiger partial charge in [-0.1, -0.05) is 12.1 Å². The van der Waals surface area contributed by atoms with Gasteiger partial charge in [-0.25, -0.2) is 4.79 Å². The third-order valence-electron chi connectivity index (χ3n) is 5.41. The van der Waals surface area contributed by atoms with Gasteiger partial charge in [0.25, 0.3) is 17.4 Å². The SMILES string of the molecule is Nc1c2c(cc(=O)n1-c1ccc3cc(-n4nc5ccccc5n4)c(=O)oc3c1)C(=O)NC2=O. The number of amides is 2. The Morgan fingerprint density at radius 1 is 0.879 bits per heavy atom. The zero-order valence-electron chi connectivity index (χ0n) is 16.6. The number of rotatable bonds is 2. The number of carbonyl (C=O) groups is 2. The van der Waals surface area contributed by atoms with E-state index in [9.17, 15) is 19.2 Å². The molecule has 2 amide bonds. The molecule has 6 rings (SSSR count). The van der Waals surface area contributed by atoms with Crippen LogP contribution in [0.2, 0.25) is 0 Å². The van der Waals surface area contributed by atoms with Crippen LogP contribution >= 0.6 is 0 Å². The first-order valence-electron chi connectivity index (χ1n) is 9.73. The van der Waals surface area contributed by atoms with Gasteiger partial charge in [0.05, 0.1) is 16.8 Å². The fourth-order valence-corrected chi connectivity index (χ4v) is 3.88. The van der Waals surface area contributed by atoms with Gasteiger partial charge in [-0.15, -0.1) is 15.0 Å². The van der Waals surface area contributed by atoms with Crippen LogP contribution in [0.15, 0.2) is 68.6 Å². The van der Waals surface area contributed by atoms with E-state index < -0.39 is 23.0 Å². The van der Waals surface area contributed by atoms with Crippen molar-refractivity contribution in [3.05, 3.63) is 86.5 Å². The molecule has 0 bridgehead atoms. The number of pyridine rings is 1. The highest BCUT2D eigenvalue weighted by atomic mass is 16.4. The number of hydrogen-bond acceptors (Lipinski definition) is 8. The molecule has 0 fully saturated rings. The number of anilines is 1. The first-order valence-corrected chi connectivity index (χ1v) is 9.73. The highest BCUT2D eigenvalue weighted by Gasteiger charge is 2.31. The molecule has 2 aromatic carbocycles. The van der Waals surface area contributed by atoms with E-state index in [-0.39, 0.29) is 33.9 Å². The largest absolute Gasteiger partial charge is 0.421 e. The van der Waals surface area contributed by atoms with E-state index in [2.05, 4.69) is 15.5 Å². The molecule has 0 spiro atoms. The third-order valence-corrected chi connectivity index (χ3v) is 5.41. The van der Waals surface area contributed by atoms with Gasteiger partial charge < -0.3 is 10.2 Å². The minimum atomic E-state index is -0.683. The molecule has 0 aliphatic carbocycles. The maximum atomic E-state index is 12.7. The summed E-state index contributed by atoms with van der Waals surface area (Å²) >= 11 is 0. The van der Waals surface area contributed by atoms with Gasteiger partial charge in [-0.3, -0.25) is 24.3 Å². The molecule has 0 saturated heterocycles. The Morgan fingerprint density at radius 3 is 2.33 bits per heavy atom. The minimum Gasteiger partial charge on any atom is -0.421 e. The molecule has 3 N–H and O–H groups in total. The second-order valence-electron chi connectivity index (χ2n) is 7.39. The molecule has 1 aliphatic rings. The first-order chi connectivity index (χ1) is 15.9. The molecule has 160 valence electrons. The molecule has 4 heterocycles. The molecule has 1 aliphatic heterocycles. The Morgan fingerprint density at radius 2 is 1.61 bits per heavy atom. The van der Waals surface area contributed by atoms with Gasteiger partial charge in [0.2, 0.25) is 0 Å². The summed E-state index contributed by atoms with van der Waals surface area (Å²) in [5.41, 5.74) is 6.45. The van der Waals surface area contributed by atoms with Gasteiger partial charge >= 0.3 is 5.63 Å². The van der Waals surface area contributed by atoms with Crippen molar-refractivity contribution in [2.45, 2.75) is 0 Å². The third kappa shape index (κ3) is 2.69. The maximum Gasteiger partial charge on any atom is 0.364 e. The van der Waals surface area contributed by atoms with Gasteiger partial charge in [-0.05, 0) is 30.3 Å². The summed E-state index contributed by atoms with van der Waals surface area (Å²) in [6.45, 7) is 0. The predicted octanol–water partition coefficient (Wildman–Crippen LogP) is 1.14. The molecular weight excluding hydrogens is 428 g/mol. The molecule has 0 unspecified atom stereocenters. The molecular formula is C22H12N6O5. The number of aromatic nitrogens is 4. The van der Waals surface area contributed by atoms with Gasteiger partial charge in [-0.2, -0.15) is 0 Å². The lowest BCUT2D eigenvalue weighted by molar-refractivity contribution is 0.0880. The number of imide groups is 1. The smallest absolute Gasteiger partial charge is 0.364 e. The van der Waals surface area contributed by atoms with Crippen LogP contribution in [0.3, 0.4) is 0 Å². The number of hydrogen-bond donors (Lipinski definition) is 2. The second kappa shape index (κ2) is 6.47. The van der Waals surface area contributed by atoms with Gasteiger partial charge in [0.15, 0.2) is 5.69 Å². The van der Waals surface area contributed by atoms with E-state index in [0.717, 1.165) is 10.6 Å². The normalized spacial score (nSPS) is 13.0. The zero-order chi connectivity index (χ0) is 22.9. The topological polar surface area (TPSA) is 155 Å². The van der Waals surface area contributed by atoms with Crippen LogP contribution in [0.5, 0.6) is 0 Å². The fourth-order valence-electron chi connectivity index (χ4n) is 3.88. The van der Waals surface area contributed by atoms with E-state index in [1.165, 1.54) is 10.9 Å². The van der Waals surface area contributed by atoms with E-state index in [4.69, 9.17) is 10.2 Å². The number of nitrogens with one attached hydrogen (secondary N) is 1. The van der Waals surface area contributed by atoms with E-state index in [1.54, 1.807) is 30.3 Å². The van der Waals surface area contributed by atoms with Crippen molar-refractivity contribution in [1.82, 2.24) is 24.9 Å². The molecule has 5 aromatic rings. The predicted molar refractivity (Wildman–Crippen MR) is 117 cm³/mol. The Labute approximate surface area is 182 Å². The minimum absolute atomic E-state index is 0.0742. The molecule has 0 atom stereocenters. The number of nitrogens with two attached hydrogens (primary N) is 1. The van der Waals surface area contributed by atoms with Crippen molar-refractivity contribution in [1.29, 1.82) is 0 Å². The average Bonchev–Trinajstić information content (AvgIpc) is 3.33. The standard InChI is InChI=1S/C22H12N6O5/c23-19-18-12(20(30)24-21(18)31)9-17(29)27(19)11-6-5-10-7-15(22(32)33-16(10)8-11)28-25-13-3-1-2-4-14(13)26-28/h1-9H,23H2,(H,24,30,31). The highest BCUT2D eigenvalue weighted by molar-refractivity contribution is 6.23. The van der Waals surface area contributed by atoms with Crippen LogP contribution in [0.1, 0.15) is 20.7 Å². The van der Waals surface area contributed by atoms with Crippen LogP contribution in [0.25, 0.3) is 33.4 Å². The maximum absolute atomic E-state index is 12.7. The summed E-state index contributed by atoms with van der Waals surface area (Å²) < 4.78 is 6.55. The fraction of sp³-hybridized carbons (Fsp3) is 0. The quantitative estimate of drug-likeness (QED) is 0.306. The summed E-state index contributed by atoms with van der Waals surface area (Å²) in [5, 5.41) is 11.3. The Bertz CT molecular complexity index is 1760. The van der Waals surface area contributed by atoms with Crippen LogP contribution < -0.4 is 22.2 Å². The van der Waals surface area contributed by atoms with E-state index in [1.807, 2.05) is 12.1 Å². The summed E-state index contributed by atoms with van der Waals surface area (Å²) in [6, 6.07) is 14.5. The molecule has 33 heavy (non-hydrogen) atoms. The van der Waals surface area contributed by atoms with Crippen LogP contribution in [0, 0.1) is 0 Å². The highest BCUT2D eigenvalue weighted by Crippen LogP contribution is 2.25. The summed E-state index contributed by atoms with van der Waals surface area (Å²) in [7, 11) is 0. The number of nitrogen functional groups attached to an aromatic ring is 1. The first kappa shape index (κ1) is 18.7. The lowest BCUT2D eigenvalue weighted by Crippen LogP contribution is -2.24. The Balaban J connectivity index is 1.51. The summed E-state index contributed by atoms with van der Waals surface area (Å²) in [5.74, 6) is -1.55. The van der Waals surface area contributed by atoms with Gasteiger partial charge in [0, 0.05) is 17.5 Å². The molecule has 11 heteroatoms. The van der Waals surface area contributed by atoms with E-state index >= 15 is 0 Å². The van der Waals surface area contributed by atoms with Gasteiger partial charge in [0.1, 0.15) is 22.4 Å². The van der Waals surface area contributed by atoms with E-state index in [0.29, 0.717) is 16.4 Å². The van der Waals surface area contributed by atoms with Crippen LogP contribution in [-0.2, 0) is 0 Å². The van der Waals surface area contributed by atoms with Crippen molar-refractivity contribution in [3.8, 4) is 11.4 Å². The van der Waals surface area contributed by atoms with Crippen molar-refractivity contribution < 1.29 is 14.0 Å². The monoisotopic (exact) mass is 440 g/mol. The number of benzene rings is 2. The average molecular weight is 440 g/mol. The second-order valence-corrected chi connectivity index (χ2v) is 7.39. The summed E-state index contributed by atoms with van der Waals surface area (Å²) in [6.07, 6.45) is 0. The Hall–Kier alpha value is -5.06. The lowest BCUT2D eigenvalue weighted by Gasteiger charge is -2.12. The molecule has 0 saturated carbocycles. The lowest BCUT2D eigenvalue weighted by atomic mass is 10.1. The molecule has 11 nitrogen and oxygen atoms in total. The number of carbonyl (C=O) groups excluding carboxylic acids is 2. The Kier molecular flexibility index (Phi) is 3.66. The zero-order valence-corrected chi connectivity index (χ0v) is 16.6.